The summed E-state index contributed by atoms with van der Waals surface area (Å²) < 4.78 is 31.0. The van der Waals surface area contributed by atoms with Gasteiger partial charge in [-0.1, -0.05) is 50.3 Å². The van der Waals surface area contributed by atoms with E-state index >= 15 is 0 Å². The van der Waals surface area contributed by atoms with Gasteiger partial charge in [-0.2, -0.15) is 0 Å². The summed E-state index contributed by atoms with van der Waals surface area (Å²) in [6, 6.07) is 12.7. The maximum absolute atomic E-state index is 12.6. The maximum Gasteiger partial charge on any atom is 0.354 e. The minimum absolute atomic E-state index is 0.0197. The molecule has 2 aromatic heterocycles. The summed E-state index contributed by atoms with van der Waals surface area (Å²) >= 11 is 6.50. The molecule has 1 fully saturated rings. The number of likely N-dealkylation sites (tertiary alicyclic amines) is 1. The van der Waals surface area contributed by atoms with E-state index in [1.807, 2.05) is 43.5 Å². The molecular weight excluding hydrogens is 576 g/mol. The number of carboxylic acid groups (broad SMARTS) is 1. The van der Waals surface area contributed by atoms with Crippen LogP contribution in [0.25, 0.3) is 22.2 Å². The van der Waals surface area contributed by atoms with Gasteiger partial charge >= 0.3 is 5.97 Å². The van der Waals surface area contributed by atoms with Crippen LogP contribution in [0.3, 0.4) is 0 Å². The molecule has 224 valence electrons. The number of nitrogens with zero attached hydrogens (tertiary/aromatic N) is 5. The van der Waals surface area contributed by atoms with E-state index in [0.717, 1.165) is 48.9 Å². The quantitative estimate of drug-likeness (QED) is 0.245. The first-order chi connectivity index (χ1) is 20.1. The van der Waals surface area contributed by atoms with Crippen LogP contribution >= 0.6 is 11.8 Å². The molecule has 2 aromatic carbocycles. The lowest BCUT2D eigenvalue weighted by molar-refractivity contribution is 0.0691. The number of hydrogen-bond acceptors (Lipinski definition) is 6. The van der Waals surface area contributed by atoms with Crippen LogP contribution in [0.4, 0.5) is 0 Å². The summed E-state index contributed by atoms with van der Waals surface area (Å²) in [6.07, 6.45) is 4.56. The summed E-state index contributed by atoms with van der Waals surface area (Å²) in [5.74, 6) is -0.579. The largest absolute Gasteiger partial charge is 0.477 e. The van der Waals surface area contributed by atoms with Crippen LogP contribution in [0.2, 0.25) is 0 Å². The van der Waals surface area contributed by atoms with E-state index in [-0.39, 0.29) is 16.5 Å². The third kappa shape index (κ3) is 6.24. The van der Waals surface area contributed by atoms with E-state index in [4.69, 9.17) is 11.8 Å². The van der Waals surface area contributed by atoms with E-state index < -0.39 is 16.0 Å². The molecule has 0 aliphatic carbocycles. The molecule has 0 saturated carbocycles. The molecule has 5 rings (SSSR count). The number of aromatic carboxylic acids is 1. The molecule has 0 spiro atoms. The van der Waals surface area contributed by atoms with Crippen molar-refractivity contribution >= 4 is 38.7 Å². The number of carboxylic acids is 1. The number of piperidine rings is 1. The molecule has 0 atom stereocenters. The van der Waals surface area contributed by atoms with E-state index in [1.54, 1.807) is 16.8 Å². The highest BCUT2D eigenvalue weighted by Gasteiger charge is 2.28. The van der Waals surface area contributed by atoms with Crippen molar-refractivity contribution in [2.45, 2.75) is 57.4 Å². The van der Waals surface area contributed by atoms with Gasteiger partial charge in [0.1, 0.15) is 5.69 Å². The van der Waals surface area contributed by atoms with E-state index in [0.29, 0.717) is 42.3 Å². The minimum Gasteiger partial charge on any atom is -0.477 e. The van der Waals surface area contributed by atoms with Gasteiger partial charge in [0.25, 0.3) is 0 Å². The number of rotatable bonds is 11. The van der Waals surface area contributed by atoms with Crippen molar-refractivity contribution in [1.82, 2.24) is 28.7 Å². The number of sulfonamides is 1. The highest BCUT2D eigenvalue weighted by Crippen LogP contribution is 2.39. The summed E-state index contributed by atoms with van der Waals surface area (Å²) in [7, 11) is -3.53. The summed E-state index contributed by atoms with van der Waals surface area (Å²) in [6.45, 7) is 9.55. The van der Waals surface area contributed by atoms with Crippen molar-refractivity contribution in [3.8, 4) is 11.3 Å². The summed E-state index contributed by atoms with van der Waals surface area (Å²) in [5.41, 5.74) is 3.69. The van der Waals surface area contributed by atoms with Gasteiger partial charge in [0.15, 0.2) is 5.69 Å². The van der Waals surface area contributed by atoms with E-state index in [2.05, 4.69) is 33.8 Å². The van der Waals surface area contributed by atoms with Crippen molar-refractivity contribution in [1.29, 1.82) is 0 Å². The number of aromatic nitrogens is 4. The molecule has 0 amide bonds. The zero-order valence-electron chi connectivity index (χ0n) is 24.1. The number of hydrogen-bond donors (Lipinski definition) is 2. The number of carbonyl (C=O) groups is 1. The van der Waals surface area contributed by atoms with Crippen molar-refractivity contribution < 1.29 is 18.3 Å². The number of aryl methyl sites for hydroxylation is 1. The van der Waals surface area contributed by atoms with Crippen molar-refractivity contribution in [3.05, 3.63) is 65.5 Å². The molecule has 42 heavy (non-hydrogen) atoms. The van der Waals surface area contributed by atoms with Crippen LogP contribution in [0.5, 0.6) is 0 Å². The van der Waals surface area contributed by atoms with E-state index in [9.17, 15) is 18.3 Å². The van der Waals surface area contributed by atoms with E-state index in [1.165, 1.54) is 4.09 Å². The van der Waals surface area contributed by atoms with Crippen LogP contribution in [0, 0.1) is 5.92 Å². The summed E-state index contributed by atoms with van der Waals surface area (Å²) in [4.78, 5) is 14.8. The molecule has 0 unspecified atom stereocenters. The molecule has 3 heterocycles. The Morgan fingerprint density at radius 2 is 1.86 bits per heavy atom. The Hall–Kier alpha value is -3.25. The molecular formula is C30H37ClN6O4S. The smallest absolute Gasteiger partial charge is 0.354 e. The Morgan fingerprint density at radius 3 is 2.50 bits per heavy atom. The average molecular weight is 613 g/mol. The van der Waals surface area contributed by atoms with Gasteiger partial charge in [-0.3, -0.25) is 4.68 Å². The van der Waals surface area contributed by atoms with Gasteiger partial charge in [0.2, 0.25) is 10.0 Å². The highest BCUT2D eigenvalue weighted by atomic mass is 35.5. The normalized spacial score (nSPS) is 15.2. The Labute approximate surface area is 251 Å². The molecule has 1 saturated heterocycles. The lowest BCUT2D eigenvalue weighted by atomic mass is 9.95. The lowest BCUT2D eigenvalue weighted by Gasteiger charge is -2.31. The first-order valence-electron chi connectivity index (χ1n) is 14.4. The molecule has 10 nitrogen and oxygen atoms in total. The van der Waals surface area contributed by atoms with Gasteiger partial charge in [-0.05, 0) is 73.5 Å². The van der Waals surface area contributed by atoms with Gasteiger partial charge in [-0.25, -0.2) is 22.0 Å². The lowest BCUT2D eigenvalue weighted by Crippen LogP contribution is -2.40. The Bertz CT molecular complexity index is 1670. The Kier molecular flexibility index (Phi) is 9.03. The average Bonchev–Trinajstić information content (AvgIpc) is 3.55. The van der Waals surface area contributed by atoms with Gasteiger partial charge in [0, 0.05) is 42.4 Å². The first kappa shape index (κ1) is 30.2. The number of benzene rings is 2. The molecule has 12 heteroatoms. The van der Waals surface area contributed by atoms with Crippen LogP contribution in [-0.2, 0) is 23.0 Å². The first-order valence-corrected chi connectivity index (χ1v) is 16.2. The fraction of sp³-hybridized carbons (Fsp3) is 0.433. The molecule has 4 aromatic rings. The third-order valence-electron chi connectivity index (χ3n) is 8.10. The second-order valence-corrected chi connectivity index (χ2v) is 13.3. The fourth-order valence-electron chi connectivity index (χ4n) is 5.74. The zero-order valence-corrected chi connectivity index (χ0v) is 25.7. The molecule has 0 radical (unpaired) electrons. The number of halogens is 1. The predicted octanol–water partition coefficient (Wildman–Crippen LogP) is 4.98. The second-order valence-electron chi connectivity index (χ2n) is 11.2. The van der Waals surface area contributed by atoms with Crippen LogP contribution in [0.1, 0.15) is 61.1 Å². The molecule has 1 aliphatic heterocycles. The number of nitrogens with one attached hydrogen (secondary N) is 1. The van der Waals surface area contributed by atoms with Crippen LogP contribution in [-0.4, -0.2) is 69.7 Å². The number of fused-ring (bicyclic) bond motifs is 1. The molecule has 1 aliphatic rings. The highest BCUT2D eigenvalue weighted by molar-refractivity contribution is 7.89. The zero-order chi connectivity index (χ0) is 30.0. The monoisotopic (exact) mass is 612 g/mol. The van der Waals surface area contributed by atoms with Crippen molar-refractivity contribution in [2.75, 3.05) is 26.2 Å². The standard InChI is InChI=1S/C30H37ClN6O4S/c1-4-21-8-10-23(11-9-21)42(40,41)32-14-17-35-15-12-22(13-16-35)18-36-19-25(33-34-36)28-27-24(20(2)3)6-5-7-26(27)37(31)29(28)30(38)39/h5-11,19-20,22,32H,4,12-18H2,1-3H3,(H,38,39). The Balaban J connectivity index is 1.20. The fourth-order valence-corrected chi connectivity index (χ4v) is 7.06. The predicted molar refractivity (Wildman–Crippen MR) is 163 cm³/mol. The Morgan fingerprint density at radius 1 is 1.14 bits per heavy atom. The minimum atomic E-state index is -3.53. The molecule has 2 N–H and O–H groups in total. The van der Waals surface area contributed by atoms with Crippen LogP contribution in [0.15, 0.2) is 53.6 Å². The van der Waals surface area contributed by atoms with Crippen molar-refractivity contribution in [2.24, 2.45) is 5.92 Å². The maximum atomic E-state index is 12.6. The van der Waals surface area contributed by atoms with Crippen molar-refractivity contribution in [3.63, 3.8) is 0 Å². The topological polar surface area (TPSA) is 122 Å². The second kappa shape index (κ2) is 12.5. The molecule has 0 bridgehead atoms. The van der Waals surface area contributed by atoms with Crippen LogP contribution < -0.4 is 4.72 Å². The van der Waals surface area contributed by atoms with Gasteiger partial charge in [0.05, 0.1) is 16.6 Å². The summed E-state index contributed by atoms with van der Waals surface area (Å²) in [5, 5.41) is 19.5. The third-order valence-corrected chi connectivity index (χ3v) is 9.93. The van der Waals surface area contributed by atoms with Gasteiger partial charge < -0.3 is 10.0 Å². The SMILES string of the molecule is CCc1ccc(S(=O)(=O)NCCN2CCC(Cn3cc(-c4c(C(=O)O)n(Cl)c5cccc(C(C)C)c45)nn3)CC2)cc1. The van der Waals surface area contributed by atoms with Gasteiger partial charge in [-0.15, -0.1) is 5.10 Å².